The van der Waals surface area contributed by atoms with Gasteiger partial charge in [0.1, 0.15) is 6.07 Å². The second-order valence-corrected chi connectivity index (χ2v) is 9.20. The van der Waals surface area contributed by atoms with Crippen LogP contribution in [-0.2, 0) is 6.18 Å². The van der Waals surface area contributed by atoms with Gasteiger partial charge in [-0.3, -0.25) is 0 Å². The molecule has 0 unspecified atom stereocenters. The first-order chi connectivity index (χ1) is 14.8. The summed E-state index contributed by atoms with van der Waals surface area (Å²) < 4.78 is 51.2. The number of nitriles is 1. The van der Waals surface area contributed by atoms with Gasteiger partial charge in [-0.2, -0.15) is 22.8 Å². The number of hydrogen-bond donors (Lipinski definition) is 0. The highest BCUT2D eigenvalue weighted by molar-refractivity contribution is 5.27. The van der Waals surface area contributed by atoms with Crippen LogP contribution in [0.3, 0.4) is 0 Å². The van der Waals surface area contributed by atoms with E-state index in [1.807, 2.05) is 0 Å². The molecule has 0 aromatic heterocycles. The molecule has 168 valence electrons. The van der Waals surface area contributed by atoms with Gasteiger partial charge in [0.2, 0.25) is 0 Å². The van der Waals surface area contributed by atoms with Crippen molar-refractivity contribution in [2.45, 2.75) is 76.3 Å². The second kappa shape index (κ2) is 10.5. The third-order valence-corrected chi connectivity index (χ3v) is 7.34. The van der Waals surface area contributed by atoms with Crippen LogP contribution in [0.15, 0.2) is 48.3 Å². The summed E-state index contributed by atoms with van der Waals surface area (Å²) in [5.74, 6) is 1.32. The number of halogens is 4. The predicted molar refractivity (Wildman–Crippen MR) is 115 cm³/mol. The molecule has 0 atom stereocenters. The Labute approximate surface area is 182 Å². The van der Waals surface area contributed by atoms with Crippen LogP contribution in [0.25, 0.3) is 0 Å². The highest BCUT2D eigenvalue weighted by Gasteiger charge is 2.32. The number of nitrogens with zero attached hydrogens (tertiary/aromatic N) is 1. The zero-order chi connectivity index (χ0) is 22.4. The van der Waals surface area contributed by atoms with Gasteiger partial charge in [0.05, 0.1) is 5.56 Å². The Balaban J connectivity index is 1.43. The summed E-state index contributed by atoms with van der Waals surface area (Å²) in [5, 5.41) is 8.47. The van der Waals surface area contributed by atoms with E-state index in [9.17, 15) is 17.6 Å². The molecule has 2 saturated carbocycles. The maximum absolute atomic E-state index is 12.9. The lowest BCUT2D eigenvalue weighted by atomic mass is 9.69. The quantitative estimate of drug-likeness (QED) is 0.251. The van der Waals surface area contributed by atoms with E-state index in [0.717, 1.165) is 63.4 Å². The van der Waals surface area contributed by atoms with Gasteiger partial charge in [-0.25, -0.2) is 0 Å². The number of allylic oxidation sites excluding steroid dienone is 3. The normalized spacial score (nSPS) is 27.5. The number of hydrogen-bond acceptors (Lipinski definition) is 1. The molecule has 1 aromatic carbocycles. The molecule has 31 heavy (non-hydrogen) atoms. The maximum Gasteiger partial charge on any atom is 0.416 e. The summed E-state index contributed by atoms with van der Waals surface area (Å²) >= 11 is 0. The van der Waals surface area contributed by atoms with E-state index in [1.165, 1.54) is 29.9 Å². The van der Waals surface area contributed by atoms with Gasteiger partial charge in [-0.15, -0.1) is 0 Å². The van der Waals surface area contributed by atoms with Crippen molar-refractivity contribution in [3.8, 4) is 6.07 Å². The molecule has 3 rings (SSSR count). The van der Waals surface area contributed by atoms with Crippen LogP contribution in [0.4, 0.5) is 17.6 Å². The molecule has 0 radical (unpaired) electrons. The van der Waals surface area contributed by atoms with Crippen LogP contribution in [-0.4, -0.2) is 0 Å². The molecular formula is C26H31F4N. The molecule has 0 amide bonds. The van der Waals surface area contributed by atoms with Crippen molar-refractivity contribution in [3.05, 3.63) is 59.4 Å². The van der Waals surface area contributed by atoms with E-state index >= 15 is 0 Å². The van der Waals surface area contributed by atoms with Crippen LogP contribution in [0.2, 0.25) is 0 Å². The van der Waals surface area contributed by atoms with Crippen LogP contribution < -0.4 is 0 Å². The smallest absolute Gasteiger partial charge is 0.195 e. The lowest BCUT2D eigenvalue weighted by Gasteiger charge is -2.36. The largest absolute Gasteiger partial charge is 0.416 e. The van der Waals surface area contributed by atoms with Gasteiger partial charge in [-0.1, -0.05) is 24.3 Å². The molecule has 0 spiro atoms. The number of rotatable bonds is 6. The lowest BCUT2D eigenvalue weighted by molar-refractivity contribution is -0.137. The second-order valence-electron chi connectivity index (χ2n) is 9.20. The van der Waals surface area contributed by atoms with Gasteiger partial charge in [-0.05, 0) is 112 Å². The molecule has 0 heterocycles. The zero-order valence-corrected chi connectivity index (χ0v) is 17.9. The fourth-order valence-corrected chi connectivity index (χ4v) is 5.39. The summed E-state index contributed by atoms with van der Waals surface area (Å²) in [6.45, 7) is 4.44. The van der Waals surface area contributed by atoms with E-state index in [0.29, 0.717) is 30.1 Å². The summed E-state index contributed by atoms with van der Waals surface area (Å²) in [7, 11) is 0. The highest BCUT2D eigenvalue weighted by Crippen LogP contribution is 2.44. The minimum absolute atomic E-state index is 0.337. The summed E-state index contributed by atoms with van der Waals surface area (Å²) in [6.07, 6.45) is 7.32. The monoisotopic (exact) mass is 433 g/mol. The van der Waals surface area contributed by atoms with E-state index < -0.39 is 17.6 Å². The van der Waals surface area contributed by atoms with Crippen LogP contribution in [0, 0.1) is 29.1 Å². The standard InChI is InChI=1S/C26H31F4N/c1-18(20-7-5-19(6-8-20)3-2-4-25(27)17-31)21-9-11-22(12-10-21)23-13-15-24(16-14-23)26(28,29)30/h4,13-16,19-22H,1-3,5-12H2/b25-4-. The van der Waals surface area contributed by atoms with Crippen LogP contribution >= 0.6 is 0 Å². The van der Waals surface area contributed by atoms with E-state index in [4.69, 9.17) is 5.26 Å². The Kier molecular flexibility index (Phi) is 7.97. The summed E-state index contributed by atoms with van der Waals surface area (Å²) in [4.78, 5) is 0. The fourth-order valence-electron chi connectivity index (χ4n) is 5.39. The lowest BCUT2D eigenvalue weighted by Crippen LogP contribution is -2.22. The molecule has 0 aliphatic heterocycles. The van der Waals surface area contributed by atoms with Crippen molar-refractivity contribution in [3.63, 3.8) is 0 Å². The van der Waals surface area contributed by atoms with E-state index in [2.05, 4.69) is 6.58 Å². The molecule has 5 heteroatoms. The fraction of sp³-hybridized carbons (Fsp3) is 0.577. The third kappa shape index (κ3) is 6.45. The Morgan fingerprint density at radius 1 is 0.968 bits per heavy atom. The van der Waals surface area contributed by atoms with Crippen molar-refractivity contribution >= 4 is 0 Å². The first-order valence-electron chi connectivity index (χ1n) is 11.4. The summed E-state index contributed by atoms with van der Waals surface area (Å²) in [5.41, 5.74) is 1.79. The summed E-state index contributed by atoms with van der Waals surface area (Å²) in [6, 6.07) is 7.20. The van der Waals surface area contributed by atoms with Crippen molar-refractivity contribution < 1.29 is 17.6 Å². The van der Waals surface area contributed by atoms with Crippen molar-refractivity contribution in [2.24, 2.45) is 17.8 Å². The zero-order valence-electron chi connectivity index (χ0n) is 17.9. The van der Waals surface area contributed by atoms with Crippen molar-refractivity contribution in [1.29, 1.82) is 5.26 Å². The molecule has 2 fully saturated rings. The highest BCUT2D eigenvalue weighted by atomic mass is 19.4. The van der Waals surface area contributed by atoms with Gasteiger partial charge in [0, 0.05) is 0 Å². The predicted octanol–water partition coefficient (Wildman–Crippen LogP) is 8.50. The van der Waals surface area contributed by atoms with Crippen molar-refractivity contribution in [2.75, 3.05) is 0 Å². The maximum atomic E-state index is 12.9. The molecule has 0 bridgehead atoms. The first kappa shape index (κ1) is 23.6. The molecular weight excluding hydrogens is 402 g/mol. The number of alkyl halides is 3. The van der Waals surface area contributed by atoms with Gasteiger partial charge < -0.3 is 0 Å². The Morgan fingerprint density at radius 2 is 1.52 bits per heavy atom. The Morgan fingerprint density at radius 3 is 2.03 bits per heavy atom. The van der Waals surface area contributed by atoms with Gasteiger partial charge in [0.25, 0.3) is 0 Å². The van der Waals surface area contributed by atoms with E-state index in [1.54, 1.807) is 12.1 Å². The van der Waals surface area contributed by atoms with E-state index in [-0.39, 0.29) is 0 Å². The molecule has 1 aromatic rings. The Hall–Kier alpha value is -2.09. The SMILES string of the molecule is C=C(C1CCC(CC/C=C(\F)C#N)CC1)C1CCC(c2ccc(C(F)(F)F)cc2)CC1. The molecule has 2 aliphatic carbocycles. The van der Waals surface area contributed by atoms with Gasteiger partial charge in [0.15, 0.2) is 5.83 Å². The number of benzene rings is 1. The van der Waals surface area contributed by atoms with Gasteiger partial charge >= 0.3 is 6.18 Å². The topological polar surface area (TPSA) is 23.8 Å². The average Bonchev–Trinajstić information content (AvgIpc) is 2.78. The Bertz CT molecular complexity index is 799. The third-order valence-electron chi connectivity index (χ3n) is 7.34. The minimum Gasteiger partial charge on any atom is -0.195 e. The molecule has 1 nitrogen and oxygen atoms in total. The van der Waals surface area contributed by atoms with Crippen molar-refractivity contribution in [1.82, 2.24) is 0 Å². The molecule has 0 N–H and O–H groups in total. The van der Waals surface area contributed by atoms with Crippen LogP contribution in [0.5, 0.6) is 0 Å². The average molecular weight is 434 g/mol. The minimum atomic E-state index is -4.28. The van der Waals surface area contributed by atoms with Crippen LogP contribution in [0.1, 0.15) is 81.3 Å². The molecule has 2 aliphatic rings. The molecule has 0 saturated heterocycles. The first-order valence-corrected chi connectivity index (χ1v) is 11.4.